The molecule has 0 bridgehead atoms. The first-order chi connectivity index (χ1) is 13.0. The zero-order chi connectivity index (χ0) is 19.2. The van der Waals surface area contributed by atoms with E-state index in [0.717, 1.165) is 50.1 Å². The molecule has 0 saturated carbocycles. The van der Waals surface area contributed by atoms with E-state index >= 15 is 0 Å². The van der Waals surface area contributed by atoms with Crippen LogP contribution in [0.5, 0.6) is 0 Å². The minimum Gasteiger partial charge on any atom is -0.370 e. The summed E-state index contributed by atoms with van der Waals surface area (Å²) >= 11 is 1.72. The van der Waals surface area contributed by atoms with Crippen molar-refractivity contribution in [3.8, 4) is 0 Å². The van der Waals surface area contributed by atoms with Crippen LogP contribution in [0.25, 0.3) is 0 Å². The number of aryl methyl sites for hydroxylation is 1. The molecule has 1 amide bonds. The monoisotopic (exact) mass is 389 g/mol. The van der Waals surface area contributed by atoms with Gasteiger partial charge in [0.15, 0.2) is 11.8 Å². The summed E-state index contributed by atoms with van der Waals surface area (Å²) in [6.45, 7) is 4.82. The van der Waals surface area contributed by atoms with Crippen molar-refractivity contribution in [2.45, 2.75) is 39.3 Å². The normalized spacial score (nSPS) is 17.9. The summed E-state index contributed by atoms with van der Waals surface area (Å²) in [6.07, 6.45) is 2.48. The van der Waals surface area contributed by atoms with E-state index in [4.69, 9.17) is 10.7 Å². The van der Waals surface area contributed by atoms with Gasteiger partial charge < -0.3 is 20.5 Å². The van der Waals surface area contributed by atoms with Crippen molar-refractivity contribution in [1.29, 1.82) is 0 Å². The average molecular weight is 390 g/mol. The molecule has 1 aliphatic rings. The van der Waals surface area contributed by atoms with E-state index in [-0.39, 0.29) is 11.8 Å². The fourth-order valence-electron chi connectivity index (χ4n) is 3.29. The zero-order valence-corrected chi connectivity index (χ0v) is 16.7. The number of aliphatic imine (C=N–C) groups is 1. The van der Waals surface area contributed by atoms with E-state index in [1.54, 1.807) is 11.3 Å². The van der Waals surface area contributed by atoms with Crippen molar-refractivity contribution in [3.05, 3.63) is 34.0 Å². The summed E-state index contributed by atoms with van der Waals surface area (Å²) in [7, 11) is 1.95. The lowest BCUT2D eigenvalue weighted by Crippen LogP contribution is -2.47. The van der Waals surface area contributed by atoms with E-state index < -0.39 is 0 Å². The van der Waals surface area contributed by atoms with Gasteiger partial charge in [-0.15, -0.1) is 21.5 Å². The molecular weight excluding hydrogens is 362 g/mol. The summed E-state index contributed by atoms with van der Waals surface area (Å²) in [4.78, 5) is 19.6. The van der Waals surface area contributed by atoms with Crippen LogP contribution in [0.4, 0.5) is 0 Å². The van der Waals surface area contributed by atoms with Crippen LogP contribution in [0.1, 0.15) is 35.8 Å². The largest absolute Gasteiger partial charge is 0.370 e. The van der Waals surface area contributed by atoms with Crippen molar-refractivity contribution in [2.75, 3.05) is 13.1 Å². The molecule has 3 heterocycles. The number of hydrogen-bond donors (Lipinski definition) is 2. The Hall–Kier alpha value is -2.42. The smallest absolute Gasteiger partial charge is 0.217 e. The van der Waals surface area contributed by atoms with Crippen LogP contribution in [-0.2, 0) is 24.9 Å². The van der Waals surface area contributed by atoms with Crippen LogP contribution < -0.4 is 11.1 Å². The van der Waals surface area contributed by atoms with Gasteiger partial charge in [-0.3, -0.25) is 4.79 Å². The zero-order valence-electron chi connectivity index (χ0n) is 15.9. The molecule has 1 unspecified atom stereocenters. The summed E-state index contributed by atoms with van der Waals surface area (Å²) < 4.78 is 1.95. The van der Waals surface area contributed by atoms with Gasteiger partial charge in [0.25, 0.3) is 0 Å². The number of likely N-dealkylation sites (tertiary alicyclic amines) is 1. The second-order valence-electron chi connectivity index (χ2n) is 6.92. The number of primary amides is 1. The number of guanidine groups is 1. The highest BCUT2D eigenvalue weighted by Gasteiger charge is 2.24. The van der Waals surface area contributed by atoms with Gasteiger partial charge in [-0.25, -0.2) is 4.99 Å². The first-order valence-electron chi connectivity index (χ1n) is 9.21. The van der Waals surface area contributed by atoms with Crippen LogP contribution >= 0.6 is 11.3 Å². The van der Waals surface area contributed by atoms with Crippen LogP contribution in [0.3, 0.4) is 0 Å². The summed E-state index contributed by atoms with van der Waals surface area (Å²) in [5, 5.41) is 13.8. The van der Waals surface area contributed by atoms with Crippen LogP contribution in [0.15, 0.2) is 22.5 Å². The van der Waals surface area contributed by atoms with Gasteiger partial charge in [0, 0.05) is 31.4 Å². The molecule has 8 nitrogen and oxygen atoms in total. The Morgan fingerprint density at radius 3 is 3.00 bits per heavy atom. The number of nitrogens with two attached hydrogens (primary N) is 1. The van der Waals surface area contributed by atoms with Gasteiger partial charge in [-0.2, -0.15) is 0 Å². The minimum absolute atomic E-state index is 0.235. The van der Waals surface area contributed by atoms with E-state index in [0.29, 0.717) is 13.0 Å². The maximum absolute atomic E-state index is 11.3. The molecule has 146 valence electrons. The second-order valence-corrected chi connectivity index (χ2v) is 7.95. The van der Waals surface area contributed by atoms with Crippen LogP contribution in [-0.4, -0.2) is 44.6 Å². The van der Waals surface area contributed by atoms with Gasteiger partial charge in [-0.1, -0.05) is 6.07 Å². The molecule has 1 aliphatic heterocycles. The molecule has 0 radical (unpaired) electrons. The highest BCUT2D eigenvalue weighted by molar-refractivity contribution is 7.09. The molecule has 9 heteroatoms. The Morgan fingerprint density at radius 2 is 2.33 bits per heavy atom. The molecule has 2 aromatic heterocycles. The number of hydrogen-bond acceptors (Lipinski definition) is 5. The summed E-state index contributed by atoms with van der Waals surface area (Å²) in [6, 6.07) is 4.15. The number of nitrogens with zero attached hydrogens (tertiary/aromatic N) is 5. The number of rotatable bonds is 6. The molecule has 3 rings (SSSR count). The molecule has 0 aromatic carbocycles. The molecule has 1 atom stereocenters. The van der Waals surface area contributed by atoms with Crippen LogP contribution in [0, 0.1) is 12.8 Å². The van der Waals surface area contributed by atoms with Gasteiger partial charge in [0.1, 0.15) is 12.4 Å². The van der Waals surface area contributed by atoms with Crippen molar-refractivity contribution in [1.82, 2.24) is 25.0 Å². The number of amides is 1. The molecule has 0 spiro atoms. The number of thiophene rings is 1. The van der Waals surface area contributed by atoms with Crippen molar-refractivity contribution >= 4 is 23.2 Å². The Balaban J connectivity index is 1.72. The molecule has 1 fully saturated rings. The number of carbonyl (C=O) groups is 1. The average Bonchev–Trinajstić information content (AvgIpc) is 3.26. The maximum Gasteiger partial charge on any atom is 0.217 e. The predicted molar refractivity (Wildman–Crippen MR) is 106 cm³/mol. The number of aromatic nitrogens is 3. The third kappa shape index (κ3) is 5.29. The lowest BCUT2D eigenvalue weighted by Gasteiger charge is -2.34. The van der Waals surface area contributed by atoms with E-state index in [2.05, 4.69) is 31.9 Å². The molecule has 27 heavy (non-hydrogen) atoms. The Kier molecular flexibility index (Phi) is 6.44. The van der Waals surface area contributed by atoms with Gasteiger partial charge in [-0.05, 0) is 37.1 Å². The van der Waals surface area contributed by atoms with Crippen molar-refractivity contribution in [3.63, 3.8) is 0 Å². The number of nitrogens with one attached hydrogen (secondary N) is 1. The highest BCUT2D eigenvalue weighted by atomic mass is 32.1. The standard InChI is InChI=1S/C18H27N7OS/c1-13-22-23-17(24(13)2)11-21-18(20-10-15-6-4-8-27-15)25-7-3-5-14(12-25)9-16(19)26/h4,6,8,14H,3,5,7,9-12H2,1-2H3,(H2,19,26)(H,20,21). The SMILES string of the molecule is Cc1nnc(CN=C(NCc2cccs2)N2CCCC(CC(N)=O)C2)n1C. The number of piperidine rings is 1. The quantitative estimate of drug-likeness (QED) is 0.575. The highest BCUT2D eigenvalue weighted by Crippen LogP contribution is 2.20. The Bertz CT molecular complexity index is 784. The maximum atomic E-state index is 11.3. The van der Waals surface area contributed by atoms with Crippen molar-refractivity contribution in [2.24, 2.45) is 23.7 Å². The van der Waals surface area contributed by atoms with Gasteiger partial charge in [0.05, 0.1) is 6.54 Å². The number of carbonyl (C=O) groups excluding carboxylic acids is 1. The first kappa shape index (κ1) is 19.3. The van der Waals surface area contributed by atoms with Crippen LogP contribution in [0.2, 0.25) is 0 Å². The van der Waals surface area contributed by atoms with Gasteiger partial charge >= 0.3 is 0 Å². The Morgan fingerprint density at radius 1 is 1.48 bits per heavy atom. The Labute approximate surface area is 163 Å². The fraction of sp³-hybridized carbons (Fsp3) is 0.556. The second kappa shape index (κ2) is 8.98. The molecule has 0 aliphatic carbocycles. The van der Waals surface area contributed by atoms with E-state index in [1.807, 2.05) is 24.6 Å². The third-order valence-corrected chi connectivity index (χ3v) is 5.74. The third-order valence-electron chi connectivity index (χ3n) is 4.86. The van der Waals surface area contributed by atoms with Gasteiger partial charge in [0.2, 0.25) is 5.91 Å². The predicted octanol–water partition coefficient (Wildman–Crippen LogP) is 1.42. The fourth-order valence-corrected chi connectivity index (χ4v) is 3.93. The molecule has 2 aromatic rings. The van der Waals surface area contributed by atoms with E-state index in [1.165, 1.54) is 4.88 Å². The summed E-state index contributed by atoms with van der Waals surface area (Å²) in [5.74, 6) is 2.59. The summed E-state index contributed by atoms with van der Waals surface area (Å²) in [5.41, 5.74) is 5.40. The van der Waals surface area contributed by atoms with E-state index in [9.17, 15) is 4.79 Å². The minimum atomic E-state index is -0.235. The molecule has 1 saturated heterocycles. The molecule has 3 N–H and O–H groups in total. The molecular formula is C18H27N7OS. The lowest BCUT2D eigenvalue weighted by molar-refractivity contribution is -0.119. The first-order valence-corrected chi connectivity index (χ1v) is 10.1. The topological polar surface area (TPSA) is 101 Å². The lowest BCUT2D eigenvalue weighted by atomic mass is 9.95. The van der Waals surface area contributed by atoms with Crippen molar-refractivity contribution < 1.29 is 4.79 Å².